The van der Waals surface area contributed by atoms with Crippen molar-refractivity contribution in [2.24, 2.45) is 0 Å². The maximum absolute atomic E-state index is 13.0. The van der Waals surface area contributed by atoms with Crippen LogP contribution in [0.4, 0.5) is 0 Å². The second-order valence-corrected chi connectivity index (χ2v) is 6.62. The van der Waals surface area contributed by atoms with Crippen molar-refractivity contribution >= 4 is 39.6 Å². The fraction of sp³-hybridized carbons (Fsp3) is 0. The van der Waals surface area contributed by atoms with E-state index in [2.05, 4.69) is 4.98 Å². The predicted molar refractivity (Wildman–Crippen MR) is 96.5 cm³/mol. The minimum Gasteiger partial charge on any atom is -0.351 e. The molecule has 0 radical (unpaired) electrons. The number of aromatic amines is 1. The number of rotatable bonds is 3. The van der Waals surface area contributed by atoms with Crippen LogP contribution < -0.4 is 0 Å². The summed E-state index contributed by atoms with van der Waals surface area (Å²) in [6, 6.07) is 19.0. The second-order valence-electron chi connectivity index (χ2n) is 5.24. The molecule has 2 aromatic carbocycles. The third kappa shape index (κ3) is 2.48. The molecular weight excluding hydrogens is 326 g/mol. The van der Waals surface area contributed by atoms with Crippen LogP contribution in [0.25, 0.3) is 21.3 Å². The zero-order chi connectivity index (χ0) is 15.8. The van der Waals surface area contributed by atoms with Crippen LogP contribution in [-0.4, -0.2) is 10.8 Å². The number of nitrogens with one attached hydrogen (secondary N) is 1. The molecule has 2 aromatic heterocycles. The normalized spacial score (nSPS) is 11.0. The minimum atomic E-state index is -0.0127. The maximum Gasteiger partial charge on any atom is 0.209 e. The lowest BCUT2D eigenvalue weighted by Crippen LogP contribution is -2.02. The molecule has 0 unspecified atom stereocenters. The van der Waals surface area contributed by atoms with Crippen LogP contribution in [-0.2, 0) is 0 Å². The van der Waals surface area contributed by atoms with Crippen molar-refractivity contribution in [3.05, 3.63) is 82.3 Å². The van der Waals surface area contributed by atoms with Gasteiger partial charge in [-0.1, -0.05) is 48.0 Å². The quantitative estimate of drug-likeness (QED) is 0.472. The van der Waals surface area contributed by atoms with Crippen molar-refractivity contribution in [1.29, 1.82) is 0 Å². The lowest BCUT2D eigenvalue weighted by atomic mass is 10.0. The van der Waals surface area contributed by atoms with Gasteiger partial charge in [0.05, 0.1) is 5.69 Å². The predicted octanol–water partition coefficient (Wildman–Crippen LogP) is 5.78. The Balaban J connectivity index is 1.99. The van der Waals surface area contributed by atoms with Gasteiger partial charge < -0.3 is 4.98 Å². The number of thiophene rings is 1. The van der Waals surface area contributed by atoms with E-state index < -0.39 is 0 Å². The molecule has 0 aliphatic carbocycles. The molecule has 0 spiro atoms. The summed E-state index contributed by atoms with van der Waals surface area (Å²) in [4.78, 5) is 17.3. The molecule has 4 heteroatoms. The zero-order valence-electron chi connectivity index (χ0n) is 12.0. The van der Waals surface area contributed by atoms with Crippen LogP contribution in [0.3, 0.4) is 0 Å². The van der Waals surface area contributed by atoms with Gasteiger partial charge in [0, 0.05) is 31.9 Å². The largest absolute Gasteiger partial charge is 0.351 e. The van der Waals surface area contributed by atoms with Gasteiger partial charge in [-0.2, -0.15) is 0 Å². The molecule has 0 fully saturated rings. The highest BCUT2D eigenvalue weighted by molar-refractivity contribution is 7.13. The Hall–Kier alpha value is -2.36. The molecule has 2 heterocycles. The van der Waals surface area contributed by atoms with Crippen LogP contribution in [0.15, 0.2) is 66.0 Å². The number of ketones is 1. The number of hydrogen-bond acceptors (Lipinski definition) is 2. The fourth-order valence-corrected chi connectivity index (χ4v) is 3.71. The van der Waals surface area contributed by atoms with E-state index in [1.165, 1.54) is 0 Å². The van der Waals surface area contributed by atoms with Gasteiger partial charge in [0.2, 0.25) is 5.78 Å². The van der Waals surface area contributed by atoms with E-state index in [4.69, 9.17) is 11.6 Å². The zero-order valence-corrected chi connectivity index (χ0v) is 13.6. The van der Waals surface area contributed by atoms with Crippen LogP contribution in [0.2, 0.25) is 5.02 Å². The fourth-order valence-electron chi connectivity index (χ4n) is 2.75. The van der Waals surface area contributed by atoms with Crippen LogP contribution >= 0.6 is 22.9 Å². The summed E-state index contributed by atoms with van der Waals surface area (Å²) in [7, 11) is 0. The van der Waals surface area contributed by atoms with Gasteiger partial charge in [0.1, 0.15) is 0 Å². The first kappa shape index (κ1) is 14.2. The van der Waals surface area contributed by atoms with E-state index in [1.54, 1.807) is 11.3 Å². The highest BCUT2D eigenvalue weighted by Crippen LogP contribution is 2.37. The number of benzene rings is 2. The van der Waals surface area contributed by atoms with Gasteiger partial charge in [-0.25, -0.2) is 0 Å². The van der Waals surface area contributed by atoms with Gasteiger partial charge in [-0.3, -0.25) is 4.79 Å². The third-order valence-corrected chi connectivity index (χ3v) is 4.91. The van der Waals surface area contributed by atoms with E-state index in [9.17, 15) is 4.79 Å². The molecule has 1 N–H and O–H groups in total. The highest BCUT2D eigenvalue weighted by atomic mass is 35.5. The molecule has 0 atom stereocenters. The van der Waals surface area contributed by atoms with E-state index in [0.717, 1.165) is 21.3 Å². The minimum absolute atomic E-state index is 0.0127. The van der Waals surface area contributed by atoms with Crippen LogP contribution in [0, 0.1) is 0 Å². The topological polar surface area (TPSA) is 32.9 Å². The Morgan fingerprint density at radius 2 is 1.83 bits per heavy atom. The van der Waals surface area contributed by atoms with Crippen molar-refractivity contribution in [3.63, 3.8) is 0 Å². The number of carbonyl (C=O) groups is 1. The van der Waals surface area contributed by atoms with Gasteiger partial charge in [-0.15, -0.1) is 11.3 Å². The van der Waals surface area contributed by atoms with Gasteiger partial charge >= 0.3 is 0 Å². The molecule has 0 saturated heterocycles. The summed E-state index contributed by atoms with van der Waals surface area (Å²) in [5.74, 6) is -0.0127. The molecule has 2 nitrogen and oxygen atoms in total. The number of carbonyl (C=O) groups excluding carboxylic acids is 1. The molecule has 23 heavy (non-hydrogen) atoms. The molecule has 0 amide bonds. The van der Waals surface area contributed by atoms with E-state index in [0.29, 0.717) is 16.3 Å². The summed E-state index contributed by atoms with van der Waals surface area (Å²) in [6.07, 6.45) is 0. The van der Waals surface area contributed by atoms with Crippen molar-refractivity contribution in [1.82, 2.24) is 4.98 Å². The Morgan fingerprint density at radius 3 is 2.57 bits per heavy atom. The number of H-pyrrole nitrogens is 1. The third-order valence-electron chi connectivity index (χ3n) is 3.79. The van der Waals surface area contributed by atoms with Crippen molar-refractivity contribution < 1.29 is 4.79 Å². The average molecular weight is 338 g/mol. The smallest absolute Gasteiger partial charge is 0.209 e. The Bertz CT molecular complexity index is 987. The molecule has 0 aliphatic heterocycles. The van der Waals surface area contributed by atoms with Crippen molar-refractivity contribution in [3.8, 4) is 10.4 Å². The summed E-state index contributed by atoms with van der Waals surface area (Å²) in [5.41, 5.74) is 3.11. The van der Waals surface area contributed by atoms with Gasteiger partial charge in [-0.05, 0) is 29.6 Å². The van der Waals surface area contributed by atoms with Crippen LogP contribution in [0.1, 0.15) is 16.1 Å². The lowest BCUT2D eigenvalue weighted by molar-refractivity contribution is 0.103. The standard InChI is InChI=1S/C19H12ClNOS/c20-13-8-9-15-14(11-13)17(16-7-4-10-23-16)18(21-15)19(22)12-5-2-1-3-6-12/h1-11,21H. The lowest BCUT2D eigenvalue weighted by Gasteiger charge is -2.03. The SMILES string of the molecule is O=C(c1ccccc1)c1[nH]c2ccc(Cl)cc2c1-c1cccs1. The van der Waals surface area contributed by atoms with E-state index in [-0.39, 0.29) is 5.78 Å². The molecule has 4 rings (SSSR count). The number of aromatic nitrogens is 1. The molecule has 0 bridgehead atoms. The highest BCUT2D eigenvalue weighted by Gasteiger charge is 2.21. The Kier molecular flexibility index (Phi) is 3.52. The summed E-state index contributed by atoms with van der Waals surface area (Å²) >= 11 is 7.78. The summed E-state index contributed by atoms with van der Waals surface area (Å²) in [5, 5.41) is 3.64. The Labute approximate surface area is 142 Å². The van der Waals surface area contributed by atoms with Gasteiger partial charge in [0.25, 0.3) is 0 Å². The van der Waals surface area contributed by atoms with Crippen molar-refractivity contribution in [2.75, 3.05) is 0 Å². The number of fused-ring (bicyclic) bond motifs is 1. The first-order valence-corrected chi connectivity index (χ1v) is 8.44. The van der Waals surface area contributed by atoms with E-state index in [1.807, 2.05) is 66.0 Å². The first-order chi connectivity index (χ1) is 11.2. The Morgan fingerprint density at radius 1 is 1.00 bits per heavy atom. The molecule has 0 aliphatic rings. The molecular formula is C19H12ClNOS. The molecule has 112 valence electrons. The van der Waals surface area contributed by atoms with Gasteiger partial charge in [0.15, 0.2) is 0 Å². The van der Waals surface area contributed by atoms with Crippen LogP contribution in [0.5, 0.6) is 0 Å². The number of hydrogen-bond donors (Lipinski definition) is 1. The van der Waals surface area contributed by atoms with E-state index >= 15 is 0 Å². The number of halogens is 1. The maximum atomic E-state index is 13.0. The average Bonchev–Trinajstić information content (AvgIpc) is 3.21. The summed E-state index contributed by atoms with van der Waals surface area (Å²) in [6.45, 7) is 0. The molecule has 4 aromatic rings. The monoisotopic (exact) mass is 337 g/mol. The summed E-state index contributed by atoms with van der Waals surface area (Å²) < 4.78 is 0. The van der Waals surface area contributed by atoms with Crippen molar-refractivity contribution in [2.45, 2.75) is 0 Å². The second kappa shape index (κ2) is 5.69. The molecule has 0 saturated carbocycles. The first-order valence-electron chi connectivity index (χ1n) is 7.19.